The summed E-state index contributed by atoms with van der Waals surface area (Å²) in [7, 11) is 1.87. The van der Waals surface area contributed by atoms with Crippen molar-refractivity contribution in [3.05, 3.63) is 101 Å². The quantitative estimate of drug-likeness (QED) is 0.574. The molecule has 0 fully saturated rings. The maximum Gasteiger partial charge on any atom is 0.255 e. The monoisotopic (exact) mass is 377 g/mol. The molecule has 4 rings (SSSR count). The summed E-state index contributed by atoms with van der Waals surface area (Å²) in [6.07, 6.45) is 0. The number of amides is 1. The Morgan fingerprint density at radius 2 is 1.71 bits per heavy atom. The standard InChI is InChI=1S/C22H17F2N3O/c1-27-19-10-6-5-9-18(19)25-21(27)20(14-7-3-2-4-8-14)26-22(28)16-12-11-15(23)13-17(16)24/h2-13,20H,1H3,(H,26,28)/t20-/m1/s1. The molecule has 0 radical (unpaired) electrons. The third-order valence-electron chi connectivity index (χ3n) is 4.66. The number of nitrogens with one attached hydrogen (secondary N) is 1. The van der Waals surface area contributed by atoms with Crippen LogP contribution < -0.4 is 5.32 Å². The van der Waals surface area contributed by atoms with Crippen LogP contribution in [0.5, 0.6) is 0 Å². The van der Waals surface area contributed by atoms with Crippen LogP contribution in [-0.4, -0.2) is 15.5 Å². The first-order chi connectivity index (χ1) is 13.5. The van der Waals surface area contributed by atoms with E-state index >= 15 is 0 Å². The molecule has 0 saturated heterocycles. The van der Waals surface area contributed by atoms with E-state index in [9.17, 15) is 13.6 Å². The molecular formula is C22H17F2N3O. The maximum absolute atomic E-state index is 14.1. The second-order valence-electron chi connectivity index (χ2n) is 6.46. The summed E-state index contributed by atoms with van der Waals surface area (Å²) in [4.78, 5) is 17.4. The van der Waals surface area contributed by atoms with Crippen LogP contribution >= 0.6 is 0 Å². The number of benzene rings is 3. The smallest absolute Gasteiger partial charge is 0.255 e. The van der Waals surface area contributed by atoms with Gasteiger partial charge in [0.2, 0.25) is 0 Å². The number of rotatable bonds is 4. The molecule has 0 spiro atoms. The minimum Gasteiger partial charge on any atom is -0.338 e. The van der Waals surface area contributed by atoms with Crippen molar-refractivity contribution in [3.63, 3.8) is 0 Å². The molecule has 28 heavy (non-hydrogen) atoms. The van der Waals surface area contributed by atoms with Crippen LogP contribution in [0.2, 0.25) is 0 Å². The van der Waals surface area contributed by atoms with E-state index in [1.807, 2.05) is 66.2 Å². The SMILES string of the molecule is Cn1c([C@H](NC(=O)c2ccc(F)cc2F)c2ccccc2)nc2ccccc21. The Labute approximate surface area is 160 Å². The zero-order valence-electron chi connectivity index (χ0n) is 15.1. The van der Waals surface area contributed by atoms with Crippen LogP contribution in [0.15, 0.2) is 72.8 Å². The molecule has 0 aliphatic rings. The van der Waals surface area contributed by atoms with Crippen LogP contribution in [0.25, 0.3) is 11.0 Å². The minimum absolute atomic E-state index is 0.221. The molecule has 0 saturated carbocycles. The van der Waals surface area contributed by atoms with Gasteiger partial charge in [-0.25, -0.2) is 13.8 Å². The Kier molecular flexibility index (Phi) is 4.61. The predicted molar refractivity (Wildman–Crippen MR) is 103 cm³/mol. The van der Waals surface area contributed by atoms with Crippen molar-refractivity contribution < 1.29 is 13.6 Å². The van der Waals surface area contributed by atoms with Crippen LogP contribution in [0, 0.1) is 11.6 Å². The fraction of sp³-hybridized carbons (Fsp3) is 0.0909. The molecule has 3 aromatic carbocycles. The van der Waals surface area contributed by atoms with E-state index in [-0.39, 0.29) is 5.56 Å². The zero-order chi connectivity index (χ0) is 19.7. The Hall–Kier alpha value is -3.54. The summed E-state index contributed by atoms with van der Waals surface area (Å²) in [5.41, 5.74) is 2.29. The average molecular weight is 377 g/mol. The van der Waals surface area contributed by atoms with Gasteiger partial charge in [0.1, 0.15) is 23.5 Å². The molecule has 1 amide bonds. The van der Waals surface area contributed by atoms with Gasteiger partial charge >= 0.3 is 0 Å². The minimum atomic E-state index is -0.908. The summed E-state index contributed by atoms with van der Waals surface area (Å²) in [6, 6.07) is 19.2. The lowest BCUT2D eigenvalue weighted by atomic mass is 10.1. The molecule has 0 bridgehead atoms. The lowest BCUT2D eigenvalue weighted by molar-refractivity contribution is 0.0937. The first kappa shape index (κ1) is 17.9. The van der Waals surface area contributed by atoms with Gasteiger partial charge in [-0.15, -0.1) is 0 Å². The van der Waals surface area contributed by atoms with Crippen molar-refractivity contribution in [2.24, 2.45) is 7.05 Å². The van der Waals surface area contributed by atoms with Crippen molar-refractivity contribution in [1.29, 1.82) is 0 Å². The van der Waals surface area contributed by atoms with Crippen LogP contribution in [0.4, 0.5) is 8.78 Å². The van der Waals surface area contributed by atoms with Crippen molar-refractivity contribution in [3.8, 4) is 0 Å². The van der Waals surface area contributed by atoms with Crippen molar-refractivity contribution in [2.45, 2.75) is 6.04 Å². The normalized spacial score (nSPS) is 12.1. The molecule has 1 atom stereocenters. The molecule has 1 heterocycles. The number of para-hydroxylation sites is 2. The summed E-state index contributed by atoms with van der Waals surface area (Å²) in [6.45, 7) is 0. The number of hydrogen-bond acceptors (Lipinski definition) is 2. The van der Waals surface area contributed by atoms with Crippen LogP contribution in [0.3, 0.4) is 0 Å². The van der Waals surface area contributed by atoms with E-state index in [2.05, 4.69) is 10.3 Å². The summed E-state index contributed by atoms with van der Waals surface area (Å²) in [5, 5.41) is 2.84. The second-order valence-corrected chi connectivity index (χ2v) is 6.46. The molecule has 0 unspecified atom stereocenters. The van der Waals surface area contributed by atoms with Crippen LogP contribution in [-0.2, 0) is 7.05 Å². The van der Waals surface area contributed by atoms with E-state index in [1.165, 1.54) is 0 Å². The van der Waals surface area contributed by atoms with Gasteiger partial charge in [0.05, 0.1) is 16.6 Å². The number of fused-ring (bicyclic) bond motifs is 1. The third-order valence-corrected chi connectivity index (χ3v) is 4.66. The molecule has 4 aromatic rings. The van der Waals surface area contributed by atoms with Gasteiger partial charge in [0.25, 0.3) is 5.91 Å². The molecule has 0 aliphatic carbocycles. The van der Waals surface area contributed by atoms with Gasteiger partial charge in [-0.3, -0.25) is 4.79 Å². The van der Waals surface area contributed by atoms with E-state index in [0.29, 0.717) is 11.9 Å². The Morgan fingerprint density at radius 3 is 2.43 bits per heavy atom. The van der Waals surface area contributed by atoms with E-state index in [4.69, 9.17) is 0 Å². The highest BCUT2D eigenvalue weighted by atomic mass is 19.1. The molecule has 1 aromatic heterocycles. The number of halogens is 2. The number of carbonyl (C=O) groups excluding carboxylic acids is 1. The van der Waals surface area contributed by atoms with E-state index in [1.54, 1.807) is 0 Å². The van der Waals surface area contributed by atoms with Gasteiger partial charge < -0.3 is 9.88 Å². The first-order valence-electron chi connectivity index (χ1n) is 8.77. The Bertz CT molecular complexity index is 1160. The number of carbonyl (C=O) groups is 1. The summed E-state index contributed by atoms with van der Waals surface area (Å²) >= 11 is 0. The van der Waals surface area contributed by atoms with E-state index < -0.39 is 23.6 Å². The molecule has 4 nitrogen and oxygen atoms in total. The van der Waals surface area contributed by atoms with Crippen LogP contribution in [0.1, 0.15) is 27.8 Å². The number of hydrogen-bond donors (Lipinski definition) is 1. The number of aromatic nitrogens is 2. The highest BCUT2D eigenvalue weighted by Gasteiger charge is 2.24. The number of aryl methyl sites for hydroxylation is 1. The van der Waals surface area contributed by atoms with Gasteiger partial charge in [-0.1, -0.05) is 42.5 Å². The first-order valence-corrected chi connectivity index (χ1v) is 8.77. The van der Waals surface area contributed by atoms with Crippen molar-refractivity contribution in [2.75, 3.05) is 0 Å². The largest absolute Gasteiger partial charge is 0.338 e. The van der Waals surface area contributed by atoms with Gasteiger partial charge in [0.15, 0.2) is 0 Å². The summed E-state index contributed by atoms with van der Waals surface area (Å²) < 4.78 is 29.2. The summed E-state index contributed by atoms with van der Waals surface area (Å²) in [5.74, 6) is -1.67. The fourth-order valence-corrected chi connectivity index (χ4v) is 3.25. The Balaban J connectivity index is 1.78. The van der Waals surface area contributed by atoms with Crippen molar-refractivity contribution >= 4 is 16.9 Å². The van der Waals surface area contributed by atoms with Gasteiger partial charge in [-0.2, -0.15) is 0 Å². The lowest BCUT2D eigenvalue weighted by Crippen LogP contribution is -2.31. The second kappa shape index (κ2) is 7.23. The molecular weight excluding hydrogens is 360 g/mol. The fourth-order valence-electron chi connectivity index (χ4n) is 3.25. The zero-order valence-corrected chi connectivity index (χ0v) is 15.1. The lowest BCUT2D eigenvalue weighted by Gasteiger charge is -2.19. The maximum atomic E-state index is 14.1. The highest BCUT2D eigenvalue weighted by Crippen LogP contribution is 2.25. The van der Waals surface area contributed by atoms with Gasteiger partial charge in [-0.05, 0) is 29.8 Å². The number of nitrogens with zero attached hydrogens (tertiary/aromatic N) is 2. The molecule has 0 aliphatic heterocycles. The molecule has 140 valence electrons. The predicted octanol–water partition coefficient (Wildman–Crippen LogP) is 4.37. The highest BCUT2D eigenvalue weighted by molar-refractivity contribution is 5.95. The van der Waals surface area contributed by atoms with E-state index in [0.717, 1.165) is 28.7 Å². The Morgan fingerprint density at radius 1 is 1.00 bits per heavy atom. The topological polar surface area (TPSA) is 46.9 Å². The van der Waals surface area contributed by atoms with Crippen molar-refractivity contribution in [1.82, 2.24) is 14.9 Å². The molecule has 6 heteroatoms. The van der Waals surface area contributed by atoms with Gasteiger partial charge in [0, 0.05) is 13.1 Å². The number of imidazole rings is 1. The average Bonchev–Trinajstić information content (AvgIpc) is 3.03. The third kappa shape index (κ3) is 3.24. The molecule has 1 N–H and O–H groups in total.